The molecule has 0 aliphatic carbocycles. The highest BCUT2D eigenvalue weighted by molar-refractivity contribution is 5.68. The number of carbonyl (C=O) groups is 1. The van der Waals surface area contributed by atoms with Gasteiger partial charge in [0.15, 0.2) is 0 Å². The van der Waals surface area contributed by atoms with Gasteiger partial charge in [-0.1, -0.05) is 30.3 Å². The molecule has 1 aliphatic heterocycles. The van der Waals surface area contributed by atoms with E-state index < -0.39 is 5.60 Å². The number of amides is 1. The largest absolute Gasteiger partial charge is 0.444 e. The topological polar surface area (TPSA) is 61.8 Å². The molecule has 1 amide bonds. The van der Waals surface area contributed by atoms with E-state index >= 15 is 0 Å². The number of ether oxygens (including phenoxy) is 1. The number of nitrogens with zero attached hydrogens (tertiary/aromatic N) is 1. The van der Waals surface area contributed by atoms with Gasteiger partial charge in [-0.2, -0.15) is 0 Å². The van der Waals surface area contributed by atoms with Crippen molar-refractivity contribution in [2.24, 2.45) is 5.92 Å². The number of likely N-dealkylation sites (tertiary alicyclic amines) is 1. The average Bonchev–Trinajstić information content (AvgIpc) is 2.96. The first kappa shape index (κ1) is 17.8. The number of rotatable bonds is 5. The number of hydrogen-bond acceptors (Lipinski definition) is 4. The molecule has 1 saturated heterocycles. The second kappa shape index (κ2) is 7.79. The molecular formula is C18H28N2O3. The van der Waals surface area contributed by atoms with Gasteiger partial charge in [0.1, 0.15) is 5.60 Å². The summed E-state index contributed by atoms with van der Waals surface area (Å²) >= 11 is 0. The molecule has 2 N–H and O–H groups in total. The maximum atomic E-state index is 12.1. The van der Waals surface area contributed by atoms with E-state index in [1.54, 1.807) is 4.90 Å². The fraction of sp³-hybridized carbons (Fsp3) is 0.611. The molecule has 0 bridgehead atoms. The first-order chi connectivity index (χ1) is 10.9. The first-order valence-corrected chi connectivity index (χ1v) is 8.26. The smallest absolute Gasteiger partial charge is 0.410 e. The van der Waals surface area contributed by atoms with Gasteiger partial charge in [0.05, 0.1) is 12.6 Å². The minimum Gasteiger partial charge on any atom is -0.444 e. The lowest BCUT2D eigenvalue weighted by atomic mass is 10.1. The van der Waals surface area contributed by atoms with Crippen molar-refractivity contribution < 1.29 is 14.6 Å². The molecular weight excluding hydrogens is 292 g/mol. The van der Waals surface area contributed by atoms with Crippen molar-refractivity contribution in [3.05, 3.63) is 35.9 Å². The third-order valence-corrected chi connectivity index (χ3v) is 3.97. The number of aliphatic hydroxyl groups excluding tert-OH is 1. The Kier molecular flexibility index (Phi) is 6.02. The highest BCUT2D eigenvalue weighted by Crippen LogP contribution is 2.20. The summed E-state index contributed by atoms with van der Waals surface area (Å²) in [4.78, 5) is 13.8. The highest BCUT2D eigenvalue weighted by Gasteiger charge is 2.29. The maximum Gasteiger partial charge on any atom is 0.410 e. The molecule has 1 aromatic rings. The van der Waals surface area contributed by atoms with Crippen molar-refractivity contribution >= 4 is 6.09 Å². The SMILES string of the molecule is CC(C)(C)OC(=O)N1CC[C@@H](CN[C@H](CO)c2ccccc2)C1. The monoisotopic (exact) mass is 320 g/mol. The maximum absolute atomic E-state index is 12.1. The summed E-state index contributed by atoms with van der Waals surface area (Å²) < 4.78 is 5.41. The van der Waals surface area contributed by atoms with Crippen LogP contribution < -0.4 is 5.32 Å². The predicted molar refractivity (Wildman–Crippen MR) is 90.2 cm³/mol. The molecule has 1 aromatic carbocycles. The van der Waals surface area contributed by atoms with Gasteiger partial charge in [-0.25, -0.2) is 4.79 Å². The molecule has 0 saturated carbocycles. The Balaban J connectivity index is 1.80. The molecule has 23 heavy (non-hydrogen) atoms. The number of carbonyl (C=O) groups excluding carboxylic acids is 1. The van der Waals surface area contributed by atoms with Crippen LogP contribution in [0.15, 0.2) is 30.3 Å². The van der Waals surface area contributed by atoms with Crippen molar-refractivity contribution in [3.63, 3.8) is 0 Å². The molecule has 5 heteroatoms. The van der Waals surface area contributed by atoms with Gasteiger partial charge < -0.3 is 20.1 Å². The van der Waals surface area contributed by atoms with Crippen LogP contribution in [0.25, 0.3) is 0 Å². The van der Waals surface area contributed by atoms with Crippen LogP contribution in [0.2, 0.25) is 0 Å². The van der Waals surface area contributed by atoms with Crippen molar-refractivity contribution in [1.82, 2.24) is 10.2 Å². The molecule has 1 heterocycles. The van der Waals surface area contributed by atoms with Gasteiger partial charge in [0.2, 0.25) is 0 Å². The Morgan fingerprint density at radius 3 is 2.70 bits per heavy atom. The minimum absolute atomic E-state index is 0.0620. The summed E-state index contributed by atoms with van der Waals surface area (Å²) in [7, 11) is 0. The van der Waals surface area contributed by atoms with Crippen LogP contribution in [-0.2, 0) is 4.74 Å². The molecule has 5 nitrogen and oxygen atoms in total. The van der Waals surface area contributed by atoms with E-state index in [0.717, 1.165) is 25.1 Å². The lowest BCUT2D eigenvalue weighted by Crippen LogP contribution is -2.36. The van der Waals surface area contributed by atoms with Crippen LogP contribution >= 0.6 is 0 Å². The number of nitrogens with one attached hydrogen (secondary N) is 1. The third kappa shape index (κ3) is 5.52. The second-order valence-electron chi connectivity index (χ2n) is 7.14. The molecule has 2 atom stereocenters. The summed E-state index contributed by atoms with van der Waals surface area (Å²) in [6.45, 7) is 7.92. The van der Waals surface area contributed by atoms with E-state index in [9.17, 15) is 9.90 Å². The lowest BCUT2D eigenvalue weighted by Gasteiger charge is -2.24. The van der Waals surface area contributed by atoms with E-state index in [1.165, 1.54) is 0 Å². The molecule has 0 unspecified atom stereocenters. The van der Waals surface area contributed by atoms with Crippen LogP contribution in [0.1, 0.15) is 38.8 Å². The Morgan fingerprint density at radius 2 is 2.09 bits per heavy atom. The van der Waals surface area contributed by atoms with E-state index in [4.69, 9.17) is 4.74 Å². The van der Waals surface area contributed by atoms with E-state index in [-0.39, 0.29) is 18.7 Å². The Hall–Kier alpha value is -1.59. The number of aliphatic hydroxyl groups is 1. The Morgan fingerprint density at radius 1 is 1.39 bits per heavy atom. The number of hydrogen-bond donors (Lipinski definition) is 2. The van der Waals surface area contributed by atoms with Crippen LogP contribution in [0.3, 0.4) is 0 Å². The predicted octanol–water partition coefficient (Wildman–Crippen LogP) is 2.57. The zero-order chi connectivity index (χ0) is 16.9. The average molecular weight is 320 g/mol. The normalized spacial score (nSPS) is 19.7. The molecule has 0 aromatic heterocycles. The van der Waals surface area contributed by atoms with Crippen molar-refractivity contribution in [2.45, 2.75) is 38.8 Å². The molecule has 0 radical (unpaired) electrons. The zero-order valence-electron chi connectivity index (χ0n) is 14.3. The van der Waals surface area contributed by atoms with Gasteiger partial charge >= 0.3 is 6.09 Å². The van der Waals surface area contributed by atoms with Crippen LogP contribution in [0.5, 0.6) is 0 Å². The van der Waals surface area contributed by atoms with Crippen molar-refractivity contribution in [3.8, 4) is 0 Å². The Labute approximate surface area is 138 Å². The van der Waals surface area contributed by atoms with Gasteiger partial charge in [-0.05, 0) is 38.7 Å². The second-order valence-corrected chi connectivity index (χ2v) is 7.14. The van der Waals surface area contributed by atoms with Crippen molar-refractivity contribution in [2.75, 3.05) is 26.2 Å². The van der Waals surface area contributed by atoms with Crippen molar-refractivity contribution in [1.29, 1.82) is 0 Å². The fourth-order valence-corrected chi connectivity index (χ4v) is 2.77. The zero-order valence-corrected chi connectivity index (χ0v) is 14.3. The minimum atomic E-state index is -0.456. The lowest BCUT2D eigenvalue weighted by molar-refractivity contribution is 0.0288. The van der Waals surface area contributed by atoms with Crippen LogP contribution in [0, 0.1) is 5.92 Å². The third-order valence-electron chi connectivity index (χ3n) is 3.97. The highest BCUT2D eigenvalue weighted by atomic mass is 16.6. The van der Waals surface area contributed by atoms with Gasteiger partial charge in [-0.15, -0.1) is 0 Å². The summed E-state index contributed by atoms with van der Waals surface area (Å²) in [5.74, 6) is 0.389. The molecule has 1 fully saturated rings. The van der Waals surface area contributed by atoms with Crippen LogP contribution in [-0.4, -0.2) is 47.9 Å². The summed E-state index contributed by atoms with van der Waals surface area (Å²) in [5, 5.41) is 13.0. The van der Waals surface area contributed by atoms with E-state index in [2.05, 4.69) is 5.32 Å². The van der Waals surface area contributed by atoms with E-state index in [1.807, 2.05) is 51.1 Å². The summed E-state index contributed by atoms with van der Waals surface area (Å²) in [6.07, 6.45) is 0.723. The standard InChI is InChI=1S/C18H28N2O3/c1-18(2,3)23-17(22)20-10-9-14(12-20)11-19-16(13-21)15-7-5-4-6-8-15/h4-8,14,16,19,21H,9-13H2,1-3H3/t14-,16+/m0/s1. The van der Waals surface area contributed by atoms with E-state index in [0.29, 0.717) is 12.5 Å². The van der Waals surface area contributed by atoms with Gasteiger partial charge in [-0.3, -0.25) is 0 Å². The van der Waals surface area contributed by atoms with Crippen LogP contribution in [0.4, 0.5) is 4.79 Å². The molecule has 0 spiro atoms. The quantitative estimate of drug-likeness (QED) is 0.875. The molecule has 1 aliphatic rings. The van der Waals surface area contributed by atoms with Gasteiger partial charge in [0, 0.05) is 19.6 Å². The first-order valence-electron chi connectivity index (χ1n) is 8.26. The van der Waals surface area contributed by atoms with Gasteiger partial charge in [0.25, 0.3) is 0 Å². The number of benzene rings is 1. The fourth-order valence-electron chi connectivity index (χ4n) is 2.77. The summed E-state index contributed by atoms with van der Waals surface area (Å²) in [6, 6.07) is 9.87. The summed E-state index contributed by atoms with van der Waals surface area (Å²) in [5.41, 5.74) is 0.625. The molecule has 2 rings (SSSR count). The Bertz CT molecular complexity index is 499. The molecule has 128 valence electrons.